The Hall–Kier alpha value is -4.12. The van der Waals surface area contributed by atoms with Gasteiger partial charge in [0.1, 0.15) is 5.65 Å². The fraction of sp³-hybridized carbons (Fsp3) is 0.0400. The van der Waals surface area contributed by atoms with Gasteiger partial charge in [0.2, 0.25) is 0 Å². The number of para-hydroxylation sites is 1. The molecule has 0 saturated heterocycles. The summed E-state index contributed by atoms with van der Waals surface area (Å²) in [6.07, 6.45) is 7.76. The number of nitrogens with zero attached hydrogens (tertiary/aromatic N) is 4. The number of fused-ring (bicyclic) bond motifs is 1. The molecule has 0 unspecified atom stereocenters. The second kappa shape index (κ2) is 7.72. The summed E-state index contributed by atoms with van der Waals surface area (Å²) < 4.78 is 4.03. The third-order valence-corrected chi connectivity index (χ3v) is 5.14. The standard InChI is InChI=1S/C25H20N4O/c30-25(20-11-13-21(14-12-20)27-15-6-7-16-27)29(22-8-2-1-3-9-22)19-23-18-26-24-10-4-5-17-28(23)24/h1-18H,19H2. The number of anilines is 1. The van der Waals surface area contributed by atoms with Crippen molar-refractivity contribution in [1.82, 2.24) is 14.0 Å². The normalized spacial score (nSPS) is 10.9. The molecule has 5 aromatic rings. The summed E-state index contributed by atoms with van der Waals surface area (Å²) in [6, 6.07) is 27.3. The first-order valence-corrected chi connectivity index (χ1v) is 9.81. The summed E-state index contributed by atoms with van der Waals surface area (Å²) in [4.78, 5) is 19.7. The van der Waals surface area contributed by atoms with Gasteiger partial charge in [0.25, 0.3) is 5.91 Å². The number of rotatable bonds is 5. The van der Waals surface area contributed by atoms with Gasteiger partial charge in [-0.25, -0.2) is 4.98 Å². The SMILES string of the molecule is O=C(c1ccc(-n2cccc2)cc1)N(Cc1cnc2ccccn12)c1ccccc1. The van der Waals surface area contributed by atoms with E-state index >= 15 is 0 Å². The van der Waals surface area contributed by atoms with Gasteiger partial charge in [0, 0.05) is 35.5 Å². The van der Waals surface area contributed by atoms with Crippen molar-refractivity contribution >= 4 is 17.2 Å². The van der Waals surface area contributed by atoms with Gasteiger partial charge in [-0.05, 0) is 60.7 Å². The maximum absolute atomic E-state index is 13.5. The number of carbonyl (C=O) groups excluding carboxylic acids is 1. The van der Waals surface area contributed by atoms with E-state index in [0.29, 0.717) is 12.1 Å². The van der Waals surface area contributed by atoms with E-state index in [0.717, 1.165) is 22.7 Å². The molecule has 5 heteroatoms. The molecule has 1 amide bonds. The summed E-state index contributed by atoms with van der Waals surface area (Å²) in [7, 11) is 0. The van der Waals surface area contributed by atoms with Crippen molar-refractivity contribution in [2.24, 2.45) is 0 Å². The Balaban J connectivity index is 1.49. The Morgan fingerprint density at radius 3 is 2.27 bits per heavy atom. The van der Waals surface area contributed by atoms with Crippen LogP contribution in [0.5, 0.6) is 0 Å². The van der Waals surface area contributed by atoms with Gasteiger partial charge in [-0.1, -0.05) is 24.3 Å². The Morgan fingerprint density at radius 2 is 1.50 bits per heavy atom. The zero-order chi connectivity index (χ0) is 20.3. The summed E-state index contributed by atoms with van der Waals surface area (Å²) in [6.45, 7) is 0.424. The highest BCUT2D eigenvalue weighted by Gasteiger charge is 2.20. The molecule has 0 aliphatic carbocycles. The molecular formula is C25H20N4O. The number of carbonyl (C=O) groups is 1. The van der Waals surface area contributed by atoms with Gasteiger partial charge in [0.15, 0.2) is 0 Å². The van der Waals surface area contributed by atoms with E-state index in [2.05, 4.69) is 4.98 Å². The van der Waals surface area contributed by atoms with Crippen LogP contribution in [0, 0.1) is 0 Å². The summed E-state index contributed by atoms with van der Waals surface area (Å²) >= 11 is 0. The number of imidazole rings is 1. The minimum absolute atomic E-state index is 0.0499. The van der Waals surface area contributed by atoms with Gasteiger partial charge < -0.3 is 13.9 Å². The van der Waals surface area contributed by atoms with E-state index in [4.69, 9.17) is 0 Å². The van der Waals surface area contributed by atoms with Crippen molar-refractivity contribution < 1.29 is 4.79 Å². The second-order valence-corrected chi connectivity index (χ2v) is 7.04. The number of amides is 1. The maximum Gasteiger partial charge on any atom is 0.258 e. The molecule has 0 aliphatic heterocycles. The van der Waals surface area contributed by atoms with Crippen LogP contribution in [0.1, 0.15) is 16.1 Å². The molecule has 5 rings (SSSR count). The molecule has 146 valence electrons. The molecule has 0 spiro atoms. The molecule has 0 fully saturated rings. The van der Waals surface area contributed by atoms with E-state index in [1.165, 1.54) is 0 Å². The molecule has 3 heterocycles. The number of pyridine rings is 1. The fourth-order valence-corrected chi connectivity index (χ4v) is 3.59. The Labute approximate surface area is 174 Å². The lowest BCUT2D eigenvalue weighted by Gasteiger charge is -2.23. The smallest absolute Gasteiger partial charge is 0.258 e. The first kappa shape index (κ1) is 17.9. The van der Waals surface area contributed by atoms with Crippen molar-refractivity contribution in [2.45, 2.75) is 6.54 Å². The van der Waals surface area contributed by atoms with Crippen molar-refractivity contribution in [3.8, 4) is 5.69 Å². The van der Waals surface area contributed by atoms with E-state index in [1.807, 2.05) is 119 Å². The Bertz CT molecular complexity index is 1270. The quantitative estimate of drug-likeness (QED) is 0.424. The van der Waals surface area contributed by atoms with Crippen LogP contribution in [-0.2, 0) is 6.54 Å². The van der Waals surface area contributed by atoms with E-state index < -0.39 is 0 Å². The average molecular weight is 392 g/mol. The van der Waals surface area contributed by atoms with Gasteiger partial charge in [-0.2, -0.15) is 0 Å². The van der Waals surface area contributed by atoms with Crippen LogP contribution in [0.2, 0.25) is 0 Å². The van der Waals surface area contributed by atoms with E-state index in [-0.39, 0.29) is 5.91 Å². The lowest BCUT2D eigenvalue weighted by molar-refractivity contribution is 0.0985. The van der Waals surface area contributed by atoms with Crippen LogP contribution in [0.4, 0.5) is 5.69 Å². The number of aromatic nitrogens is 3. The molecular weight excluding hydrogens is 372 g/mol. The molecule has 0 aliphatic rings. The van der Waals surface area contributed by atoms with Crippen molar-refractivity contribution in [3.05, 3.63) is 121 Å². The zero-order valence-electron chi connectivity index (χ0n) is 16.3. The monoisotopic (exact) mass is 392 g/mol. The van der Waals surface area contributed by atoms with Crippen LogP contribution in [0.3, 0.4) is 0 Å². The number of hydrogen-bond donors (Lipinski definition) is 0. The summed E-state index contributed by atoms with van der Waals surface area (Å²) in [5.41, 5.74) is 4.33. The largest absolute Gasteiger partial charge is 0.324 e. The van der Waals surface area contributed by atoms with Crippen LogP contribution in [0.25, 0.3) is 11.3 Å². The number of hydrogen-bond acceptors (Lipinski definition) is 2. The van der Waals surface area contributed by atoms with Crippen molar-refractivity contribution in [2.75, 3.05) is 4.90 Å². The highest BCUT2D eigenvalue weighted by molar-refractivity contribution is 6.06. The Morgan fingerprint density at radius 1 is 0.800 bits per heavy atom. The van der Waals surface area contributed by atoms with Gasteiger partial charge in [-0.15, -0.1) is 0 Å². The predicted octanol–water partition coefficient (Wildman–Crippen LogP) is 4.97. The fourth-order valence-electron chi connectivity index (χ4n) is 3.59. The lowest BCUT2D eigenvalue weighted by atomic mass is 10.1. The van der Waals surface area contributed by atoms with Crippen molar-refractivity contribution in [1.29, 1.82) is 0 Å². The topological polar surface area (TPSA) is 42.5 Å². The molecule has 2 aromatic carbocycles. The van der Waals surface area contributed by atoms with Gasteiger partial charge in [0.05, 0.1) is 18.4 Å². The maximum atomic E-state index is 13.5. The molecule has 0 bridgehead atoms. The average Bonchev–Trinajstić information content (AvgIpc) is 3.48. The highest BCUT2D eigenvalue weighted by atomic mass is 16.2. The molecule has 0 N–H and O–H groups in total. The van der Waals surface area contributed by atoms with Gasteiger partial charge >= 0.3 is 0 Å². The van der Waals surface area contributed by atoms with E-state index in [1.54, 1.807) is 4.90 Å². The minimum Gasteiger partial charge on any atom is -0.324 e. The minimum atomic E-state index is -0.0499. The molecule has 3 aromatic heterocycles. The van der Waals surface area contributed by atoms with Crippen molar-refractivity contribution in [3.63, 3.8) is 0 Å². The summed E-state index contributed by atoms with van der Waals surface area (Å²) in [5.74, 6) is -0.0499. The first-order chi connectivity index (χ1) is 14.8. The van der Waals surface area contributed by atoms with Crippen LogP contribution in [0.15, 0.2) is 110 Å². The molecule has 5 nitrogen and oxygen atoms in total. The third-order valence-electron chi connectivity index (χ3n) is 5.14. The van der Waals surface area contributed by atoms with Crippen LogP contribution >= 0.6 is 0 Å². The molecule has 0 atom stereocenters. The van der Waals surface area contributed by atoms with Crippen LogP contribution < -0.4 is 4.90 Å². The zero-order valence-corrected chi connectivity index (χ0v) is 16.3. The predicted molar refractivity (Wildman–Crippen MR) is 118 cm³/mol. The summed E-state index contributed by atoms with van der Waals surface area (Å²) in [5, 5.41) is 0. The molecule has 0 radical (unpaired) electrons. The Kier molecular flexibility index (Phi) is 4.62. The van der Waals surface area contributed by atoms with Gasteiger partial charge in [-0.3, -0.25) is 4.79 Å². The lowest BCUT2D eigenvalue weighted by Crippen LogP contribution is -2.30. The molecule has 30 heavy (non-hydrogen) atoms. The third kappa shape index (κ3) is 3.37. The second-order valence-electron chi connectivity index (χ2n) is 7.04. The first-order valence-electron chi connectivity index (χ1n) is 9.81. The highest BCUT2D eigenvalue weighted by Crippen LogP contribution is 2.21. The van der Waals surface area contributed by atoms with E-state index in [9.17, 15) is 4.79 Å². The molecule has 0 saturated carbocycles. The van der Waals surface area contributed by atoms with Crippen LogP contribution in [-0.4, -0.2) is 19.9 Å². The number of benzene rings is 2.